The van der Waals surface area contributed by atoms with Gasteiger partial charge in [-0.2, -0.15) is 0 Å². The first kappa shape index (κ1) is 70.1. The summed E-state index contributed by atoms with van der Waals surface area (Å²) in [4.78, 5) is 141. The number of para-hydroxylation sites is 1. The average molecular weight is 1150 g/mol. The summed E-state index contributed by atoms with van der Waals surface area (Å²) in [5, 5.41) is 50.1. The molecule has 0 radical (unpaired) electrons. The third kappa shape index (κ3) is 24.8. The Kier molecular flexibility index (Phi) is 31.7. The molecule has 0 fully saturated rings. The van der Waals surface area contributed by atoms with Gasteiger partial charge in [-0.05, 0) is 107 Å². The fourth-order valence-electron chi connectivity index (χ4n) is 8.37. The predicted molar refractivity (Wildman–Crippen MR) is 308 cm³/mol. The Morgan fingerprint density at radius 2 is 1.15 bits per heavy atom. The van der Waals surface area contributed by atoms with E-state index in [-0.39, 0.29) is 62.8 Å². The van der Waals surface area contributed by atoms with Crippen LogP contribution in [0.25, 0.3) is 0 Å². The summed E-state index contributed by atoms with van der Waals surface area (Å²) in [6.45, 7) is 10.9. The molecule has 1 unspecified atom stereocenters. The molecule has 2 aromatic carbocycles. The molecule has 0 aromatic heterocycles. The zero-order valence-electron chi connectivity index (χ0n) is 48.2. The van der Waals surface area contributed by atoms with Crippen LogP contribution in [0.15, 0.2) is 42.5 Å². The van der Waals surface area contributed by atoms with E-state index < -0.39 is 123 Å². The van der Waals surface area contributed by atoms with Crippen LogP contribution in [0, 0.1) is 38.0 Å². The van der Waals surface area contributed by atoms with Crippen LogP contribution in [0.5, 0.6) is 0 Å². The van der Waals surface area contributed by atoms with E-state index in [0.29, 0.717) is 69.2 Å². The van der Waals surface area contributed by atoms with Gasteiger partial charge in [0, 0.05) is 44.9 Å². The number of hydrogen-bond acceptors (Lipinski definition) is 17. The number of hydrogen-bond donors (Lipinski definition) is 13. The molecule has 28 nitrogen and oxygen atoms in total. The van der Waals surface area contributed by atoms with Crippen LogP contribution in [0.1, 0.15) is 129 Å². The first-order chi connectivity index (χ1) is 38.9. The van der Waals surface area contributed by atoms with Gasteiger partial charge >= 0.3 is 0 Å². The molecule has 28 heteroatoms. The first-order valence-electron chi connectivity index (χ1n) is 27.9. The van der Waals surface area contributed by atoms with Gasteiger partial charge in [0.25, 0.3) is 17.3 Å². The van der Waals surface area contributed by atoms with Gasteiger partial charge in [0.2, 0.25) is 47.3 Å². The van der Waals surface area contributed by atoms with Crippen molar-refractivity contribution in [3.05, 3.63) is 68.3 Å². The molecule has 2 aromatic rings. The van der Waals surface area contributed by atoms with Crippen molar-refractivity contribution in [3.63, 3.8) is 0 Å². The Balaban J connectivity index is 2.25. The van der Waals surface area contributed by atoms with Crippen LogP contribution in [0.4, 0.5) is 22.7 Å². The number of nitro groups is 2. The minimum atomic E-state index is -1.40. The third-order valence-corrected chi connectivity index (χ3v) is 13.5. The fourth-order valence-corrected chi connectivity index (χ4v) is 8.37. The summed E-state index contributed by atoms with van der Waals surface area (Å²) in [5.74, 6) is -7.40. The lowest BCUT2D eigenvalue weighted by Crippen LogP contribution is -2.61. The van der Waals surface area contributed by atoms with Crippen LogP contribution in [-0.4, -0.2) is 139 Å². The molecule has 16 N–H and O–H groups in total. The number of nitrogens with two attached hydrogens (primary N) is 3. The van der Waals surface area contributed by atoms with Crippen molar-refractivity contribution in [2.45, 2.75) is 155 Å². The molecule has 7 atom stereocenters. The highest BCUT2D eigenvalue weighted by Gasteiger charge is 2.36. The van der Waals surface area contributed by atoms with Crippen molar-refractivity contribution in [3.8, 4) is 0 Å². The number of non-ortho nitro benzene ring substituents is 1. The minimum Gasteiger partial charge on any atom is -0.387 e. The van der Waals surface area contributed by atoms with E-state index in [1.807, 2.05) is 13.0 Å². The van der Waals surface area contributed by atoms with Crippen molar-refractivity contribution in [1.29, 1.82) is 0 Å². The maximum atomic E-state index is 14.2. The predicted octanol–water partition coefficient (Wildman–Crippen LogP) is 1.46. The lowest BCUT2D eigenvalue weighted by molar-refractivity contribution is -0.393. The van der Waals surface area contributed by atoms with Crippen molar-refractivity contribution in [2.24, 2.45) is 35.0 Å². The van der Waals surface area contributed by atoms with Gasteiger partial charge in [0.1, 0.15) is 35.9 Å². The molecule has 0 aliphatic rings. The number of amides is 9. The maximum Gasteiger partial charge on any atom is 0.299 e. The molecular formula is C54H87N15O13. The normalized spacial score (nSPS) is 13.6. The first-order valence-corrected chi connectivity index (χ1v) is 27.9. The minimum absolute atomic E-state index is 0.0572. The van der Waals surface area contributed by atoms with E-state index in [4.69, 9.17) is 17.2 Å². The molecule has 0 spiro atoms. The van der Waals surface area contributed by atoms with Gasteiger partial charge in [-0.3, -0.25) is 63.4 Å². The highest BCUT2D eigenvalue weighted by atomic mass is 16.6. The monoisotopic (exact) mass is 1150 g/mol. The molecule has 82 heavy (non-hydrogen) atoms. The topological polar surface area (TPSA) is 438 Å². The molecule has 0 aliphatic heterocycles. The average Bonchev–Trinajstić information content (AvgIpc) is 3.53. The smallest absolute Gasteiger partial charge is 0.299 e. The number of unbranched alkanes of at least 4 members (excludes halogenated alkanes) is 4. The third-order valence-electron chi connectivity index (χ3n) is 13.5. The van der Waals surface area contributed by atoms with Gasteiger partial charge in [-0.25, -0.2) is 0 Å². The van der Waals surface area contributed by atoms with Gasteiger partial charge < -0.3 is 70.4 Å². The van der Waals surface area contributed by atoms with Crippen LogP contribution in [-0.2, 0) is 38.4 Å². The van der Waals surface area contributed by atoms with Gasteiger partial charge in [-0.15, -0.1) is 0 Å². The zero-order valence-corrected chi connectivity index (χ0v) is 48.2. The van der Waals surface area contributed by atoms with Crippen LogP contribution in [0.2, 0.25) is 0 Å². The molecule has 456 valence electrons. The molecule has 0 aliphatic carbocycles. The van der Waals surface area contributed by atoms with Gasteiger partial charge in [0.15, 0.2) is 0 Å². The van der Waals surface area contributed by atoms with Crippen molar-refractivity contribution in [1.82, 2.24) is 42.5 Å². The maximum absolute atomic E-state index is 14.2. The molecular weight excluding hydrogens is 1070 g/mol. The van der Waals surface area contributed by atoms with Crippen LogP contribution in [0.3, 0.4) is 0 Å². The van der Waals surface area contributed by atoms with Crippen LogP contribution >= 0.6 is 0 Å². The molecule has 0 saturated heterocycles. The second-order valence-electron chi connectivity index (χ2n) is 20.7. The van der Waals surface area contributed by atoms with Crippen LogP contribution < -0.4 is 70.4 Å². The van der Waals surface area contributed by atoms with E-state index in [2.05, 4.69) is 53.2 Å². The van der Waals surface area contributed by atoms with E-state index in [0.717, 1.165) is 12.1 Å². The quantitative estimate of drug-likeness (QED) is 0.0255. The summed E-state index contributed by atoms with van der Waals surface area (Å²) in [6, 6.07) is 2.90. The molecule has 0 heterocycles. The summed E-state index contributed by atoms with van der Waals surface area (Å²) < 4.78 is 0. The molecule has 0 bridgehead atoms. The van der Waals surface area contributed by atoms with Crippen molar-refractivity contribution < 1.29 is 53.0 Å². The summed E-state index contributed by atoms with van der Waals surface area (Å²) in [7, 11) is 1.73. The fraction of sp³-hybridized carbons (Fsp3) is 0.611. The summed E-state index contributed by atoms with van der Waals surface area (Å²) >= 11 is 0. The Bertz CT molecular complexity index is 2480. The molecule has 9 amide bonds. The Morgan fingerprint density at radius 3 is 1.72 bits per heavy atom. The van der Waals surface area contributed by atoms with E-state index >= 15 is 0 Å². The standard InChI is InChI=1S/C54H87N15O13/c1-8-34(6)47(52(76)62-31-43(57)70)67-54(78)46(33(4)5)66-50(74)40(21-12-14-26-55)64-53(77)45(32(2)3)65-51(75)41(24-25-44(71)60-28-15-9-16-29-61-48(72)36-18-10-11-20-38(36)58-7)63-49(73)37(56)19-13-17-27-59-39-23-22-35(68(79)80)30-42(39)69(81)82/h10-11,18,20,22-23,30,32-34,37,40-41,45-47,58-59H,8-9,12-17,19,21,24-29,31,55-56H2,1-7H3,(H2,57,70)(H,60,71)(H,61,72)(H,62,76)(H,63,73)(H,64,77)(H,65,75)(H,66,74)(H,67,78)/t34?,37-,40-,41-,45-,46-,47-/m0/s1. The number of nitrogens with zero attached hydrogens (tertiary/aromatic N) is 2. The lowest BCUT2D eigenvalue weighted by Gasteiger charge is -2.30. The number of rotatable bonds is 40. The molecule has 2 rings (SSSR count). The largest absolute Gasteiger partial charge is 0.387 e. The second kappa shape index (κ2) is 37.1. The SMILES string of the molecule is CCC(C)[C@H](NC(=O)[C@@H](NC(=O)[C@H](CCCCN)NC(=O)[C@@H](NC(=O)[C@H](CCC(=O)NCCCCCNC(=O)c1ccccc1NC)NC(=O)[C@@H](N)CCCCNc1ccc([N+](=O)[O-])cc1[N+](=O)[O-])C(C)C)C(C)C)C(=O)NCC(N)=O. The number of primary amides is 1. The second-order valence-corrected chi connectivity index (χ2v) is 20.7. The Hall–Kier alpha value is -8.01. The van der Waals surface area contributed by atoms with Gasteiger partial charge in [0.05, 0.1) is 34.1 Å². The highest BCUT2D eigenvalue weighted by molar-refractivity contribution is 6.00. The van der Waals surface area contributed by atoms with E-state index in [9.17, 15) is 63.4 Å². The lowest BCUT2D eigenvalue weighted by atomic mass is 9.96. The van der Waals surface area contributed by atoms with E-state index in [1.165, 1.54) is 6.07 Å². The Morgan fingerprint density at radius 1 is 0.585 bits per heavy atom. The number of carbonyl (C=O) groups is 9. The van der Waals surface area contributed by atoms with Gasteiger partial charge in [-0.1, -0.05) is 60.1 Å². The number of benzene rings is 2. The number of nitro benzene ring substituents is 2. The zero-order chi connectivity index (χ0) is 61.5. The number of anilines is 2. The van der Waals surface area contributed by atoms with Crippen molar-refractivity contribution in [2.75, 3.05) is 50.4 Å². The summed E-state index contributed by atoms with van der Waals surface area (Å²) in [5.41, 5.74) is 17.6. The van der Waals surface area contributed by atoms with Crippen molar-refractivity contribution >= 4 is 75.9 Å². The van der Waals surface area contributed by atoms with E-state index in [1.54, 1.807) is 59.9 Å². The number of nitrogens with one attached hydrogen (secondary N) is 10. The number of carbonyl (C=O) groups excluding carboxylic acids is 9. The Labute approximate surface area is 478 Å². The summed E-state index contributed by atoms with van der Waals surface area (Å²) in [6.07, 6.45) is 3.58. The highest BCUT2D eigenvalue weighted by Crippen LogP contribution is 2.29. The molecule has 0 saturated carbocycles.